The Morgan fingerprint density at radius 2 is 1.03 bits per heavy atom. The van der Waals surface area contributed by atoms with E-state index in [1.54, 1.807) is 12.3 Å². The third kappa shape index (κ3) is 17.7. The molecule has 0 saturated carbocycles. The topological polar surface area (TPSA) is 77.4 Å². The largest absolute Gasteiger partial charge is 0.470 e. The van der Waals surface area contributed by atoms with Crippen molar-refractivity contribution in [3.05, 3.63) is 12.3 Å². The van der Waals surface area contributed by atoms with Gasteiger partial charge in [0.05, 0.1) is 12.9 Å². The molecule has 6 heteroatoms. The molecule has 0 radical (unpaired) electrons. The Balaban J connectivity index is 2.39. The van der Waals surface area contributed by atoms with E-state index in [9.17, 15) is 10.2 Å². The van der Waals surface area contributed by atoms with Crippen molar-refractivity contribution in [1.29, 1.82) is 0 Å². The molecule has 232 valence electrons. The SMILES string of the molecule is C/C=C/O[C@@H]1O[C@H](CO)[C@@H](O)[C@H](OCCCCCCCCCC)[C@H]1OCCCCCCCCCCCCCC. The number of ether oxygens (including phenoxy) is 4. The molecule has 1 fully saturated rings. The number of hydrogen-bond donors (Lipinski definition) is 2. The van der Waals surface area contributed by atoms with Gasteiger partial charge in [-0.05, 0) is 19.8 Å². The average molecular weight is 557 g/mol. The predicted molar refractivity (Wildman–Crippen MR) is 161 cm³/mol. The molecule has 2 N–H and O–H groups in total. The fraction of sp³-hybridized carbons (Fsp3) is 0.939. The molecule has 39 heavy (non-hydrogen) atoms. The van der Waals surface area contributed by atoms with Gasteiger partial charge in [-0.2, -0.15) is 0 Å². The van der Waals surface area contributed by atoms with Crippen molar-refractivity contribution < 1.29 is 29.2 Å². The summed E-state index contributed by atoms with van der Waals surface area (Å²) in [5, 5.41) is 20.7. The van der Waals surface area contributed by atoms with Crippen LogP contribution in [0.2, 0.25) is 0 Å². The van der Waals surface area contributed by atoms with E-state index in [4.69, 9.17) is 18.9 Å². The minimum atomic E-state index is -0.957. The Labute approximate surface area is 241 Å². The van der Waals surface area contributed by atoms with Gasteiger partial charge >= 0.3 is 0 Å². The molecule has 6 nitrogen and oxygen atoms in total. The lowest BCUT2D eigenvalue weighted by atomic mass is 9.98. The van der Waals surface area contributed by atoms with Crippen LogP contribution < -0.4 is 0 Å². The Hall–Kier alpha value is -0.660. The zero-order valence-electron chi connectivity index (χ0n) is 25.8. The molecule has 0 aromatic carbocycles. The highest BCUT2D eigenvalue weighted by atomic mass is 16.7. The monoisotopic (exact) mass is 556 g/mol. The maximum absolute atomic E-state index is 10.9. The van der Waals surface area contributed by atoms with Gasteiger partial charge in [0.2, 0.25) is 6.29 Å². The summed E-state index contributed by atoms with van der Waals surface area (Å²) in [5.41, 5.74) is 0. The lowest BCUT2D eigenvalue weighted by Crippen LogP contribution is -2.60. The second-order valence-corrected chi connectivity index (χ2v) is 11.4. The molecule has 5 atom stereocenters. The number of aliphatic hydroxyl groups is 2. The van der Waals surface area contributed by atoms with Crippen molar-refractivity contribution in [3.8, 4) is 0 Å². The van der Waals surface area contributed by atoms with Crippen LogP contribution >= 0.6 is 0 Å². The Morgan fingerprint density at radius 3 is 1.44 bits per heavy atom. The van der Waals surface area contributed by atoms with Crippen LogP contribution in [0.5, 0.6) is 0 Å². The summed E-state index contributed by atoms with van der Waals surface area (Å²) in [5.74, 6) is 0. The van der Waals surface area contributed by atoms with E-state index < -0.39 is 30.7 Å². The highest BCUT2D eigenvalue weighted by Gasteiger charge is 2.47. The summed E-state index contributed by atoms with van der Waals surface area (Å²) in [6, 6.07) is 0. The molecule has 0 amide bonds. The first-order valence-electron chi connectivity index (χ1n) is 16.6. The van der Waals surface area contributed by atoms with Gasteiger partial charge in [0, 0.05) is 13.2 Å². The van der Waals surface area contributed by atoms with Crippen LogP contribution in [0.1, 0.15) is 149 Å². The third-order valence-corrected chi connectivity index (χ3v) is 7.76. The standard InChI is InChI=1S/C33H64O6/c1-4-7-9-11-13-15-16-17-18-20-22-24-27-37-32-31(36-26-23-21-19-14-12-10-8-5-2)30(35)29(28-34)39-33(32)38-25-6-3/h6,25,29-35H,4-5,7-24,26-28H2,1-3H3/b25-6+/t29-,30-,31+,32-,33-/m1/s1. The fourth-order valence-electron chi connectivity index (χ4n) is 5.29. The highest BCUT2D eigenvalue weighted by Crippen LogP contribution is 2.28. The van der Waals surface area contributed by atoms with Gasteiger partial charge in [0.25, 0.3) is 0 Å². The lowest BCUT2D eigenvalue weighted by molar-refractivity contribution is -0.304. The number of hydrogen-bond acceptors (Lipinski definition) is 6. The molecule has 0 aliphatic carbocycles. The molecule has 1 aliphatic heterocycles. The second-order valence-electron chi connectivity index (χ2n) is 11.4. The minimum absolute atomic E-state index is 0.292. The Kier molecular flexibility index (Phi) is 24.5. The maximum Gasteiger partial charge on any atom is 0.228 e. The van der Waals surface area contributed by atoms with Gasteiger partial charge in [0.15, 0.2) is 0 Å². The lowest BCUT2D eigenvalue weighted by Gasteiger charge is -2.43. The van der Waals surface area contributed by atoms with Crippen LogP contribution in [0.25, 0.3) is 0 Å². The van der Waals surface area contributed by atoms with Crippen molar-refractivity contribution in [3.63, 3.8) is 0 Å². The minimum Gasteiger partial charge on any atom is -0.470 e. The van der Waals surface area contributed by atoms with Gasteiger partial charge < -0.3 is 29.2 Å². The quantitative estimate of drug-likeness (QED) is 0.0784. The van der Waals surface area contributed by atoms with Gasteiger partial charge in [-0.25, -0.2) is 0 Å². The van der Waals surface area contributed by atoms with Gasteiger partial charge in [-0.1, -0.05) is 135 Å². The molecular weight excluding hydrogens is 492 g/mol. The van der Waals surface area contributed by atoms with Crippen LogP contribution in [0, 0.1) is 0 Å². The fourth-order valence-corrected chi connectivity index (χ4v) is 5.29. The second kappa shape index (κ2) is 26.3. The van der Waals surface area contributed by atoms with E-state index in [0.29, 0.717) is 13.2 Å². The number of allylic oxidation sites excluding steroid dienone is 1. The van der Waals surface area contributed by atoms with Crippen LogP contribution in [-0.2, 0) is 18.9 Å². The van der Waals surface area contributed by atoms with Crippen LogP contribution in [-0.4, -0.2) is 60.7 Å². The van der Waals surface area contributed by atoms with E-state index >= 15 is 0 Å². The summed E-state index contributed by atoms with van der Waals surface area (Å²) in [4.78, 5) is 0. The molecular formula is C33H64O6. The number of unbranched alkanes of at least 4 members (excludes halogenated alkanes) is 18. The summed E-state index contributed by atoms with van der Waals surface area (Å²) < 4.78 is 24.1. The first kappa shape index (κ1) is 36.4. The van der Waals surface area contributed by atoms with Crippen molar-refractivity contribution in [2.75, 3.05) is 19.8 Å². The molecule has 1 saturated heterocycles. The van der Waals surface area contributed by atoms with Crippen LogP contribution in [0.3, 0.4) is 0 Å². The average Bonchev–Trinajstić information content (AvgIpc) is 2.95. The first-order chi connectivity index (χ1) is 19.2. The molecule has 1 aliphatic rings. The van der Waals surface area contributed by atoms with Crippen molar-refractivity contribution in [2.24, 2.45) is 0 Å². The van der Waals surface area contributed by atoms with E-state index in [1.807, 2.05) is 6.92 Å². The Morgan fingerprint density at radius 1 is 0.615 bits per heavy atom. The van der Waals surface area contributed by atoms with E-state index in [1.165, 1.54) is 103 Å². The maximum atomic E-state index is 10.9. The predicted octanol–water partition coefficient (Wildman–Crippen LogP) is 8.23. The molecule has 0 spiro atoms. The van der Waals surface area contributed by atoms with Crippen LogP contribution in [0.15, 0.2) is 12.3 Å². The normalized spacial score (nSPS) is 23.6. The molecule has 0 aromatic rings. The third-order valence-electron chi connectivity index (χ3n) is 7.76. The molecule has 0 unspecified atom stereocenters. The Bertz CT molecular complexity index is 542. The van der Waals surface area contributed by atoms with E-state index in [2.05, 4.69) is 13.8 Å². The molecule has 0 aromatic heterocycles. The summed E-state index contributed by atoms with van der Waals surface area (Å²) in [7, 11) is 0. The first-order valence-corrected chi connectivity index (χ1v) is 16.6. The van der Waals surface area contributed by atoms with E-state index in [0.717, 1.165) is 25.7 Å². The summed E-state index contributed by atoms with van der Waals surface area (Å²) in [6.45, 7) is 7.23. The molecule has 0 bridgehead atoms. The highest BCUT2D eigenvalue weighted by molar-refractivity contribution is 4.92. The zero-order valence-corrected chi connectivity index (χ0v) is 25.8. The van der Waals surface area contributed by atoms with Gasteiger partial charge in [-0.3, -0.25) is 0 Å². The van der Waals surface area contributed by atoms with Crippen LogP contribution in [0.4, 0.5) is 0 Å². The van der Waals surface area contributed by atoms with E-state index in [-0.39, 0.29) is 6.61 Å². The van der Waals surface area contributed by atoms with Crippen molar-refractivity contribution in [1.82, 2.24) is 0 Å². The number of aliphatic hydroxyl groups excluding tert-OH is 2. The number of rotatable bonds is 27. The van der Waals surface area contributed by atoms with Gasteiger partial charge in [0.1, 0.15) is 24.4 Å². The van der Waals surface area contributed by atoms with Gasteiger partial charge in [-0.15, -0.1) is 0 Å². The summed E-state index contributed by atoms with van der Waals surface area (Å²) in [6.07, 6.45) is 25.2. The van der Waals surface area contributed by atoms with Crippen molar-refractivity contribution >= 4 is 0 Å². The van der Waals surface area contributed by atoms with Crippen molar-refractivity contribution in [2.45, 2.75) is 180 Å². The molecule has 1 rings (SSSR count). The summed E-state index contributed by atoms with van der Waals surface area (Å²) >= 11 is 0. The smallest absolute Gasteiger partial charge is 0.228 e. The zero-order chi connectivity index (χ0) is 28.4. The molecule has 1 heterocycles.